The Hall–Kier alpha value is -2.20. The minimum absolute atomic E-state index is 0.0435. The Morgan fingerprint density at radius 3 is 2.48 bits per heavy atom. The highest BCUT2D eigenvalue weighted by atomic mass is 16.6. The number of nitrogens with two attached hydrogens (primary N) is 1. The molecule has 1 aliphatic rings. The van der Waals surface area contributed by atoms with Crippen LogP contribution in [0.4, 0.5) is 23.3 Å². The van der Waals surface area contributed by atoms with E-state index >= 15 is 0 Å². The minimum atomic E-state index is -0.511. The maximum atomic E-state index is 11.5. The van der Waals surface area contributed by atoms with Gasteiger partial charge in [0.15, 0.2) is 0 Å². The monoisotopic (exact) mass is 382 g/mol. The second-order valence-electron chi connectivity index (χ2n) is 7.01. The molecule has 1 saturated heterocycles. The molecule has 2 heterocycles. The van der Waals surface area contributed by atoms with Gasteiger partial charge in [0.1, 0.15) is 0 Å². The van der Waals surface area contributed by atoms with Gasteiger partial charge in [-0.05, 0) is 27.7 Å². The normalized spacial score (nSPS) is 20.1. The van der Waals surface area contributed by atoms with E-state index in [2.05, 4.69) is 29.1 Å². The molecule has 1 aliphatic heterocycles. The number of nitrogen functional groups attached to an aromatic ring is 1. The van der Waals surface area contributed by atoms with Crippen molar-refractivity contribution in [2.24, 2.45) is 0 Å². The van der Waals surface area contributed by atoms with Crippen LogP contribution >= 0.6 is 0 Å². The summed E-state index contributed by atoms with van der Waals surface area (Å²) in [5.41, 5.74) is 5.66. The van der Waals surface area contributed by atoms with Gasteiger partial charge in [-0.3, -0.25) is 10.1 Å². The van der Waals surface area contributed by atoms with Crippen LogP contribution in [0.15, 0.2) is 0 Å². The number of rotatable bonds is 9. The topological polar surface area (TPSA) is 124 Å². The fourth-order valence-electron chi connectivity index (χ4n) is 3.43. The highest BCUT2D eigenvalue weighted by Crippen LogP contribution is 2.33. The van der Waals surface area contributed by atoms with Gasteiger partial charge in [-0.15, -0.1) is 0 Å². The third-order valence-corrected chi connectivity index (χ3v) is 4.78. The standard InChI is InChI=1S/C17H31N7O3/c1-5-22(6-2)9-7-8-19-17-20-15(18)14(24(25)26)16(21-17)23-10-12(3)27-13(4)11-23/h12-13H,5-11H2,1-4H3,(H3,18,19,20,21)/p+1/t12-,13+. The molecule has 1 aromatic heterocycles. The van der Waals surface area contributed by atoms with E-state index in [0.29, 0.717) is 25.6 Å². The molecule has 0 aliphatic carbocycles. The first-order valence-electron chi connectivity index (χ1n) is 9.65. The zero-order chi connectivity index (χ0) is 20.0. The van der Waals surface area contributed by atoms with Gasteiger partial charge < -0.3 is 25.6 Å². The Labute approximate surface area is 160 Å². The molecule has 10 nitrogen and oxygen atoms in total. The first-order chi connectivity index (χ1) is 12.8. The molecular weight excluding hydrogens is 350 g/mol. The predicted molar refractivity (Wildman–Crippen MR) is 105 cm³/mol. The average molecular weight is 382 g/mol. The van der Waals surface area contributed by atoms with Crippen LogP contribution in [-0.2, 0) is 4.74 Å². The Balaban J connectivity index is 2.15. The summed E-state index contributed by atoms with van der Waals surface area (Å²) in [5.74, 6) is 0.467. The third kappa shape index (κ3) is 5.64. The van der Waals surface area contributed by atoms with Crippen LogP contribution in [0.25, 0.3) is 0 Å². The van der Waals surface area contributed by atoms with Gasteiger partial charge in [0.05, 0.1) is 36.8 Å². The number of ether oxygens (including phenoxy) is 1. The molecule has 0 spiro atoms. The second kappa shape index (κ2) is 9.65. The smallest absolute Gasteiger partial charge is 0.353 e. The zero-order valence-corrected chi connectivity index (χ0v) is 16.7. The molecule has 2 rings (SSSR count). The molecule has 0 radical (unpaired) electrons. The lowest BCUT2D eigenvalue weighted by molar-refractivity contribution is -0.896. The predicted octanol–water partition coefficient (Wildman–Crippen LogP) is 0.307. The van der Waals surface area contributed by atoms with Gasteiger partial charge in [0, 0.05) is 26.1 Å². The maximum Gasteiger partial charge on any atom is 0.353 e. The number of nitrogens with one attached hydrogen (secondary N) is 2. The van der Waals surface area contributed by atoms with Crippen molar-refractivity contribution in [1.82, 2.24) is 9.97 Å². The lowest BCUT2D eigenvalue weighted by Crippen LogP contribution is -3.11. The molecule has 0 amide bonds. The summed E-state index contributed by atoms with van der Waals surface area (Å²) in [7, 11) is 0. The van der Waals surface area contributed by atoms with E-state index in [9.17, 15) is 10.1 Å². The van der Waals surface area contributed by atoms with Gasteiger partial charge in [0.25, 0.3) is 0 Å². The largest absolute Gasteiger partial charge is 0.378 e. The Kier molecular flexibility index (Phi) is 7.55. The summed E-state index contributed by atoms with van der Waals surface area (Å²) in [6, 6.07) is 0. The van der Waals surface area contributed by atoms with E-state index in [1.54, 1.807) is 0 Å². The number of nitro groups is 1. The number of nitrogens with zero attached hydrogens (tertiary/aromatic N) is 4. The molecular formula is C17H32N7O3+. The fourth-order valence-corrected chi connectivity index (χ4v) is 3.43. The van der Waals surface area contributed by atoms with Crippen LogP contribution in [0.5, 0.6) is 0 Å². The molecule has 0 unspecified atom stereocenters. The molecule has 4 N–H and O–H groups in total. The number of hydrogen-bond donors (Lipinski definition) is 3. The highest BCUT2D eigenvalue weighted by molar-refractivity contribution is 5.71. The van der Waals surface area contributed by atoms with E-state index in [1.807, 2.05) is 18.7 Å². The summed E-state index contributed by atoms with van der Waals surface area (Å²) in [6.45, 7) is 13.2. The van der Waals surface area contributed by atoms with E-state index in [4.69, 9.17) is 10.5 Å². The van der Waals surface area contributed by atoms with Crippen molar-refractivity contribution < 1.29 is 14.6 Å². The molecule has 0 bridgehead atoms. The second-order valence-corrected chi connectivity index (χ2v) is 7.01. The lowest BCUT2D eigenvalue weighted by Gasteiger charge is -2.35. The molecule has 152 valence electrons. The Morgan fingerprint density at radius 2 is 1.93 bits per heavy atom. The molecule has 1 aromatic rings. The van der Waals surface area contributed by atoms with Gasteiger partial charge in [-0.2, -0.15) is 9.97 Å². The highest BCUT2D eigenvalue weighted by Gasteiger charge is 2.32. The Morgan fingerprint density at radius 1 is 1.30 bits per heavy atom. The van der Waals surface area contributed by atoms with Crippen LogP contribution in [0.2, 0.25) is 0 Å². The minimum Gasteiger partial charge on any atom is -0.378 e. The number of anilines is 3. The molecule has 0 saturated carbocycles. The summed E-state index contributed by atoms with van der Waals surface area (Å²) in [5, 5.41) is 14.7. The number of morpholine rings is 1. The molecule has 0 aromatic carbocycles. The number of aromatic nitrogens is 2. The first kappa shape index (κ1) is 21.1. The zero-order valence-electron chi connectivity index (χ0n) is 16.7. The number of hydrogen-bond acceptors (Lipinski definition) is 8. The molecule has 27 heavy (non-hydrogen) atoms. The average Bonchev–Trinajstić information content (AvgIpc) is 2.60. The summed E-state index contributed by atoms with van der Waals surface area (Å²) >= 11 is 0. The van der Waals surface area contributed by atoms with Gasteiger partial charge in [0.2, 0.25) is 17.6 Å². The van der Waals surface area contributed by atoms with Crippen LogP contribution in [0.1, 0.15) is 34.1 Å². The SMILES string of the molecule is CC[NH+](CC)CCCNc1nc(N)c([N+](=O)[O-])c(N2C[C@@H](C)O[C@@H](C)C2)n1. The first-order valence-corrected chi connectivity index (χ1v) is 9.65. The van der Waals surface area contributed by atoms with Crippen molar-refractivity contribution in [3.8, 4) is 0 Å². The van der Waals surface area contributed by atoms with Crippen molar-refractivity contribution in [2.75, 3.05) is 55.2 Å². The van der Waals surface area contributed by atoms with E-state index in [-0.39, 0.29) is 29.5 Å². The van der Waals surface area contributed by atoms with Crippen LogP contribution < -0.4 is 20.9 Å². The van der Waals surface area contributed by atoms with Crippen LogP contribution in [-0.4, -0.2) is 66.4 Å². The van der Waals surface area contributed by atoms with Gasteiger partial charge in [-0.1, -0.05) is 0 Å². The van der Waals surface area contributed by atoms with Crippen molar-refractivity contribution >= 4 is 23.3 Å². The molecule has 10 heteroatoms. The van der Waals surface area contributed by atoms with Crippen LogP contribution in [0, 0.1) is 10.1 Å². The lowest BCUT2D eigenvalue weighted by atomic mass is 10.2. The van der Waals surface area contributed by atoms with E-state index in [0.717, 1.165) is 26.1 Å². The fraction of sp³-hybridized carbons (Fsp3) is 0.765. The van der Waals surface area contributed by atoms with E-state index in [1.165, 1.54) is 4.90 Å². The summed E-state index contributed by atoms with van der Waals surface area (Å²) in [6.07, 6.45) is 0.870. The van der Waals surface area contributed by atoms with Crippen molar-refractivity contribution in [1.29, 1.82) is 0 Å². The van der Waals surface area contributed by atoms with E-state index < -0.39 is 4.92 Å². The Bertz CT molecular complexity index is 629. The summed E-state index contributed by atoms with van der Waals surface area (Å²) in [4.78, 5) is 22.9. The van der Waals surface area contributed by atoms with Gasteiger partial charge in [-0.25, -0.2) is 0 Å². The third-order valence-electron chi connectivity index (χ3n) is 4.78. The van der Waals surface area contributed by atoms with Crippen molar-refractivity contribution in [2.45, 2.75) is 46.3 Å². The van der Waals surface area contributed by atoms with Crippen molar-refractivity contribution in [3.05, 3.63) is 10.1 Å². The molecule has 1 fully saturated rings. The molecule has 2 atom stereocenters. The maximum absolute atomic E-state index is 11.5. The summed E-state index contributed by atoms with van der Waals surface area (Å²) < 4.78 is 5.72. The quantitative estimate of drug-likeness (QED) is 0.317. The van der Waals surface area contributed by atoms with Crippen molar-refractivity contribution in [3.63, 3.8) is 0 Å². The van der Waals surface area contributed by atoms with Crippen LogP contribution in [0.3, 0.4) is 0 Å². The van der Waals surface area contributed by atoms with Gasteiger partial charge >= 0.3 is 5.69 Å². The number of quaternary nitrogens is 1.